The highest BCUT2D eigenvalue weighted by atomic mass is 16.1. The van der Waals surface area contributed by atoms with Gasteiger partial charge in [-0.05, 0) is 24.1 Å². The Morgan fingerprint density at radius 1 is 1.07 bits per heavy atom. The fraction of sp³-hybridized carbons (Fsp3) is 0.227. The molecule has 1 aromatic heterocycles. The fourth-order valence-corrected chi connectivity index (χ4v) is 2.84. The highest BCUT2D eigenvalue weighted by molar-refractivity contribution is 5.94. The molecule has 0 aliphatic rings. The van der Waals surface area contributed by atoms with Crippen LogP contribution < -0.4 is 15.8 Å². The summed E-state index contributed by atoms with van der Waals surface area (Å²) < 4.78 is 1.36. The van der Waals surface area contributed by atoms with Crippen LogP contribution in [0.25, 0.3) is 0 Å². The second-order valence-electron chi connectivity index (χ2n) is 6.55. The molecular weight excluding hydrogens is 352 g/mol. The summed E-state index contributed by atoms with van der Waals surface area (Å²) in [7, 11) is 1.95. The molecular formula is C22H24N4O2. The minimum atomic E-state index is -0.182. The first kappa shape index (κ1) is 19.4. The lowest BCUT2D eigenvalue weighted by Crippen LogP contribution is -2.32. The van der Waals surface area contributed by atoms with E-state index in [0.29, 0.717) is 18.7 Å². The summed E-state index contributed by atoms with van der Waals surface area (Å²) in [5, 5.41) is 7.04. The maximum atomic E-state index is 12.3. The summed E-state index contributed by atoms with van der Waals surface area (Å²) in [6, 6.07) is 20.8. The van der Waals surface area contributed by atoms with Crippen LogP contribution in [0.2, 0.25) is 0 Å². The molecule has 144 valence electrons. The first-order valence-electron chi connectivity index (χ1n) is 9.29. The Morgan fingerprint density at radius 3 is 2.43 bits per heavy atom. The zero-order valence-electron chi connectivity index (χ0n) is 15.9. The minimum absolute atomic E-state index is 0.161. The van der Waals surface area contributed by atoms with Crippen molar-refractivity contribution >= 4 is 11.6 Å². The van der Waals surface area contributed by atoms with Crippen LogP contribution in [-0.2, 0) is 13.0 Å². The minimum Gasteiger partial charge on any atom is -0.373 e. The number of anilines is 1. The Morgan fingerprint density at radius 2 is 1.75 bits per heavy atom. The predicted octanol–water partition coefficient (Wildman–Crippen LogP) is 2.35. The molecule has 28 heavy (non-hydrogen) atoms. The molecule has 3 aromatic rings. The van der Waals surface area contributed by atoms with E-state index in [1.807, 2.05) is 48.3 Å². The molecule has 1 amide bonds. The first-order valence-corrected chi connectivity index (χ1v) is 9.29. The van der Waals surface area contributed by atoms with Crippen LogP contribution in [0.5, 0.6) is 0 Å². The zero-order chi connectivity index (χ0) is 19.8. The third kappa shape index (κ3) is 5.30. The molecule has 1 N–H and O–H groups in total. The predicted molar refractivity (Wildman–Crippen MR) is 111 cm³/mol. The number of benzene rings is 2. The van der Waals surface area contributed by atoms with Crippen LogP contribution in [0.1, 0.15) is 15.9 Å². The third-order valence-corrected chi connectivity index (χ3v) is 4.52. The standard InChI is InChI=1S/C22H24N4O2/c1-25(14-12-18-8-4-2-5-9-18)20-16-21(27)26(24-17-20)15-13-23-22(28)19-10-6-3-7-11-19/h2-11,16-17H,12-15H2,1H3,(H,23,28). The van der Waals surface area contributed by atoms with E-state index in [1.54, 1.807) is 24.4 Å². The summed E-state index contributed by atoms with van der Waals surface area (Å²) in [5.74, 6) is -0.161. The molecule has 3 rings (SSSR count). The number of nitrogens with one attached hydrogen (secondary N) is 1. The SMILES string of the molecule is CN(CCc1ccccc1)c1cnn(CCNC(=O)c2ccccc2)c(=O)c1. The van der Waals surface area contributed by atoms with Crippen LogP contribution in [0.15, 0.2) is 77.7 Å². The van der Waals surface area contributed by atoms with E-state index in [-0.39, 0.29) is 11.5 Å². The Bertz CT molecular complexity index is 955. The molecule has 0 radical (unpaired) electrons. The quantitative estimate of drug-likeness (QED) is 0.655. The van der Waals surface area contributed by atoms with Crippen molar-refractivity contribution in [2.75, 3.05) is 25.0 Å². The normalized spacial score (nSPS) is 10.5. The Kier molecular flexibility index (Phi) is 6.57. The van der Waals surface area contributed by atoms with Gasteiger partial charge in [-0.3, -0.25) is 9.59 Å². The van der Waals surface area contributed by atoms with E-state index in [1.165, 1.54) is 10.2 Å². The summed E-state index contributed by atoms with van der Waals surface area (Å²) in [6.45, 7) is 1.46. The number of carbonyl (C=O) groups excluding carboxylic acids is 1. The maximum Gasteiger partial charge on any atom is 0.268 e. The molecule has 0 aliphatic carbocycles. The van der Waals surface area contributed by atoms with Crippen LogP contribution >= 0.6 is 0 Å². The van der Waals surface area contributed by atoms with Crippen molar-refractivity contribution < 1.29 is 4.79 Å². The van der Waals surface area contributed by atoms with Crippen molar-refractivity contribution in [3.63, 3.8) is 0 Å². The Labute approximate surface area is 164 Å². The maximum absolute atomic E-state index is 12.3. The summed E-state index contributed by atoms with van der Waals surface area (Å²) in [5.41, 5.74) is 2.45. The van der Waals surface area contributed by atoms with Gasteiger partial charge >= 0.3 is 0 Å². The Hall–Kier alpha value is -3.41. The smallest absolute Gasteiger partial charge is 0.268 e. The Balaban J connectivity index is 1.52. The number of amides is 1. The van der Waals surface area contributed by atoms with Gasteiger partial charge in [0, 0.05) is 31.8 Å². The first-order chi connectivity index (χ1) is 13.6. The molecule has 2 aromatic carbocycles. The van der Waals surface area contributed by atoms with Crippen LogP contribution in [0, 0.1) is 0 Å². The van der Waals surface area contributed by atoms with Gasteiger partial charge in [-0.2, -0.15) is 5.10 Å². The number of carbonyl (C=O) groups is 1. The van der Waals surface area contributed by atoms with E-state index in [4.69, 9.17) is 0 Å². The summed E-state index contributed by atoms with van der Waals surface area (Å²) in [6.07, 6.45) is 2.58. The largest absolute Gasteiger partial charge is 0.373 e. The highest BCUT2D eigenvalue weighted by Crippen LogP contribution is 2.09. The monoisotopic (exact) mass is 376 g/mol. The topological polar surface area (TPSA) is 67.2 Å². The van der Waals surface area contributed by atoms with Gasteiger partial charge in [-0.25, -0.2) is 4.68 Å². The molecule has 0 spiro atoms. The molecule has 1 heterocycles. The number of likely N-dealkylation sites (N-methyl/N-ethyl adjacent to an activating group) is 1. The van der Waals surface area contributed by atoms with Gasteiger partial charge in [0.2, 0.25) is 0 Å². The van der Waals surface area contributed by atoms with Crippen molar-refractivity contribution in [2.45, 2.75) is 13.0 Å². The molecule has 0 fully saturated rings. The molecule has 0 bridgehead atoms. The van der Waals surface area contributed by atoms with Crippen molar-refractivity contribution in [2.24, 2.45) is 0 Å². The second-order valence-corrected chi connectivity index (χ2v) is 6.55. The van der Waals surface area contributed by atoms with Crippen LogP contribution in [0.3, 0.4) is 0 Å². The average molecular weight is 376 g/mol. The van der Waals surface area contributed by atoms with Crippen LogP contribution in [0.4, 0.5) is 5.69 Å². The average Bonchev–Trinajstić information content (AvgIpc) is 2.74. The van der Waals surface area contributed by atoms with Gasteiger partial charge in [0.05, 0.1) is 18.4 Å². The lowest BCUT2D eigenvalue weighted by Gasteiger charge is -2.19. The number of hydrogen-bond acceptors (Lipinski definition) is 4. The van der Waals surface area contributed by atoms with Crippen molar-refractivity contribution in [1.29, 1.82) is 0 Å². The fourth-order valence-electron chi connectivity index (χ4n) is 2.84. The lowest BCUT2D eigenvalue weighted by atomic mass is 10.1. The zero-order valence-corrected chi connectivity index (χ0v) is 15.9. The number of aromatic nitrogens is 2. The molecule has 0 saturated carbocycles. The van der Waals surface area contributed by atoms with Gasteiger partial charge in [0.15, 0.2) is 0 Å². The lowest BCUT2D eigenvalue weighted by molar-refractivity contribution is 0.0951. The molecule has 6 nitrogen and oxygen atoms in total. The molecule has 0 saturated heterocycles. The summed E-state index contributed by atoms with van der Waals surface area (Å²) >= 11 is 0. The highest BCUT2D eigenvalue weighted by Gasteiger charge is 2.07. The van der Waals surface area contributed by atoms with Crippen LogP contribution in [-0.4, -0.2) is 35.8 Å². The van der Waals surface area contributed by atoms with Crippen molar-refractivity contribution in [3.05, 3.63) is 94.4 Å². The second kappa shape index (κ2) is 9.50. The molecule has 0 unspecified atom stereocenters. The van der Waals surface area contributed by atoms with Gasteiger partial charge in [-0.15, -0.1) is 0 Å². The van der Waals surface area contributed by atoms with Gasteiger partial charge in [-0.1, -0.05) is 48.5 Å². The summed E-state index contributed by atoms with van der Waals surface area (Å²) in [4.78, 5) is 26.4. The van der Waals surface area contributed by atoms with Gasteiger partial charge in [0.25, 0.3) is 11.5 Å². The molecule has 0 aliphatic heterocycles. The number of nitrogens with zero attached hydrogens (tertiary/aromatic N) is 3. The van der Waals surface area contributed by atoms with E-state index in [0.717, 1.165) is 18.7 Å². The van der Waals surface area contributed by atoms with Gasteiger partial charge < -0.3 is 10.2 Å². The third-order valence-electron chi connectivity index (χ3n) is 4.52. The van der Waals surface area contributed by atoms with E-state index < -0.39 is 0 Å². The molecule has 0 atom stereocenters. The number of hydrogen-bond donors (Lipinski definition) is 1. The number of rotatable bonds is 8. The molecule has 6 heteroatoms. The van der Waals surface area contributed by atoms with Crippen molar-refractivity contribution in [3.8, 4) is 0 Å². The van der Waals surface area contributed by atoms with Crippen molar-refractivity contribution in [1.82, 2.24) is 15.1 Å². The van der Waals surface area contributed by atoms with E-state index in [9.17, 15) is 9.59 Å². The van der Waals surface area contributed by atoms with Gasteiger partial charge in [0.1, 0.15) is 0 Å². The van der Waals surface area contributed by atoms with E-state index >= 15 is 0 Å². The van der Waals surface area contributed by atoms with E-state index in [2.05, 4.69) is 22.5 Å².